The second-order valence-corrected chi connectivity index (χ2v) is 6.37. The molecular weight excluding hydrogens is 327 g/mol. The van der Waals surface area contributed by atoms with Crippen molar-refractivity contribution in [2.75, 3.05) is 0 Å². The van der Waals surface area contributed by atoms with Gasteiger partial charge in [-0.1, -0.05) is 23.2 Å². The summed E-state index contributed by atoms with van der Waals surface area (Å²) in [5.41, 5.74) is 1.02. The zero-order valence-electron chi connectivity index (χ0n) is 9.64. The van der Waals surface area contributed by atoms with Crippen molar-refractivity contribution in [3.05, 3.63) is 44.1 Å². The largest absolute Gasteiger partial charge is 0.351 e. The third-order valence-corrected chi connectivity index (χ3v) is 4.40. The molecule has 20 heavy (non-hydrogen) atoms. The molecule has 0 bridgehead atoms. The molecule has 0 spiro atoms. The SMILES string of the molecule is O=Cc1c(-c2cc(Cl)sc2Cl)[nH]c2c(F)cc(F)cc12. The fourth-order valence-electron chi connectivity index (χ4n) is 2.09. The number of benzene rings is 1. The second-order valence-electron chi connectivity index (χ2n) is 4.08. The number of carbonyl (C=O) groups excluding carboxylic acids is 1. The zero-order valence-corrected chi connectivity index (χ0v) is 12.0. The third kappa shape index (κ3) is 2.02. The number of carbonyl (C=O) groups is 1. The Hall–Kier alpha value is -1.43. The molecule has 0 aliphatic carbocycles. The van der Waals surface area contributed by atoms with Crippen LogP contribution in [0.1, 0.15) is 10.4 Å². The molecule has 3 rings (SSSR count). The van der Waals surface area contributed by atoms with Gasteiger partial charge in [0.25, 0.3) is 0 Å². The van der Waals surface area contributed by atoms with E-state index in [1.807, 2.05) is 0 Å². The second kappa shape index (κ2) is 4.84. The highest BCUT2D eigenvalue weighted by Gasteiger charge is 2.19. The van der Waals surface area contributed by atoms with Crippen LogP contribution in [0.5, 0.6) is 0 Å². The molecule has 1 N–H and O–H groups in total. The number of nitrogens with one attached hydrogen (secondary N) is 1. The molecule has 0 saturated heterocycles. The van der Waals surface area contributed by atoms with E-state index < -0.39 is 11.6 Å². The first-order chi connectivity index (χ1) is 9.51. The number of fused-ring (bicyclic) bond motifs is 1. The van der Waals surface area contributed by atoms with Crippen molar-refractivity contribution < 1.29 is 13.6 Å². The minimum absolute atomic E-state index is 0.0573. The van der Waals surface area contributed by atoms with Gasteiger partial charge >= 0.3 is 0 Å². The van der Waals surface area contributed by atoms with Gasteiger partial charge in [-0.15, -0.1) is 11.3 Å². The van der Waals surface area contributed by atoms with Gasteiger partial charge in [0.1, 0.15) is 16.0 Å². The first-order valence-electron chi connectivity index (χ1n) is 5.42. The maximum atomic E-state index is 13.8. The number of halogens is 4. The maximum Gasteiger partial charge on any atom is 0.152 e. The molecule has 1 aromatic carbocycles. The predicted molar refractivity (Wildman–Crippen MR) is 76.9 cm³/mol. The zero-order chi connectivity index (χ0) is 14.4. The predicted octanol–water partition coefficient (Wildman–Crippen LogP) is 5.29. The molecule has 0 aliphatic heterocycles. The average Bonchev–Trinajstić information content (AvgIpc) is 2.89. The van der Waals surface area contributed by atoms with Gasteiger partial charge in [-0.2, -0.15) is 0 Å². The Balaban J connectivity index is 2.39. The standard InChI is InChI=1S/C13H5Cl2F2NOS/c14-10-3-7(13(15)20-10)11-8(4-19)6-1-5(16)2-9(17)12(6)18-11/h1-4,18H. The highest BCUT2D eigenvalue weighted by atomic mass is 35.5. The van der Waals surface area contributed by atoms with Gasteiger partial charge < -0.3 is 4.98 Å². The topological polar surface area (TPSA) is 32.9 Å². The Morgan fingerprint density at radius 2 is 1.95 bits per heavy atom. The van der Waals surface area contributed by atoms with Gasteiger partial charge in [0.05, 0.1) is 15.5 Å². The van der Waals surface area contributed by atoms with Crippen LogP contribution in [0.3, 0.4) is 0 Å². The monoisotopic (exact) mass is 331 g/mol. The Bertz CT molecular complexity index is 841. The molecule has 102 valence electrons. The number of aldehydes is 1. The number of aromatic nitrogens is 1. The first kappa shape index (κ1) is 13.5. The van der Waals surface area contributed by atoms with Crippen LogP contribution in [0.4, 0.5) is 8.78 Å². The van der Waals surface area contributed by atoms with Gasteiger partial charge in [-0.3, -0.25) is 4.79 Å². The van der Waals surface area contributed by atoms with Crippen molar-refractivity contribution >= 4 is 51.7 Å². The Labute approximate surface area is 125 Å². The smallest absolute Gasteiger partial charge is 0.152 e. The van der Waals surface area contributed by atoms with E-state index >= 15 is 0 Å². The fraction of sp³-hybridized carbons (Fsp3) is 0. The van der Waals surface area contributed by atoms with Crippen molar-refractivity contribution in [3.63, 3.8) is 0 Å². The molecule has 2 heterocycles. The average molecular weight is 332 g/mol. The maximum absolute atomic E-state index is 13.8. The molecule has 0 atom stereocenters. The summed E-state index contributed by atoms with van der Waals surface area (Å²) in [6, 6.07) is 3.42. The molecular formula is C13H5Cl2F2NOS. The van der Waals surface area contributed by atoms with Crippen molar-refractivity contribution in [2.24, 2.45) is 0 Å². The summed E-state index contributed by atoms with van der Waals surface area (Å²) in [7, 11) is 0. The van der Waals surface area contributed by atoms with E-state index in [1.165, 1.54) is 0 Å². The van der Waals surface area contributed by atoms with Crippen LogP contribution in [0.25, 0.3) is 22.2 Å². The van der Waals surface area contributed by atoms with E-state index in [1.54, 1.807) is 6.07 Å². The molecule has 0 fully saturated rings. The summed E-state index contributed by atoms with van der Waals surface area (Å²) in [5.74, 6) is -1.52. The van der Waals surface area contributed by atoms with Crippen LogP contribution < -0.4 is 0 Å². The summed E-state index contributed by atoms with van der Waals surface area (Å²) in [5, 5.41) is 0.172. The molecule has 0 saturated carbocycles. The van der Waals surface area contributed by atoms with E-state index in [2.05, 4.69) is 4.98 Å². The van der Waals surface area contributed by atoms with Crippen LogP contribution in [0.2, 0.25) is 8.67 Å². The van der Waals surface area contributed by atoms with Crippen LogP contribution in [0.15, 0.2) is 18.2 Å². The summed E-state index contributed by atoms with van der Waals surface area (Å²) in [6.45, 7) is 0. The summed E-state index contributed by atoms with van der Waals surface area (Å²) < 4.78 is 27.9. The Morgan fingerprint density at radius 1 is 1.20 bits per heavy atom. The number of H-pyrrole nitrogens is 1. The normalized spacial score (nSPS) is 11.2. The van der Waals surface area contributed by atoms with Crippen molar-refractivity contribution in [1.29, 1.82) is 0 Å². The van der Waals surface area contributed by atoms with E-state index in [0.717, 1.165) is 23.5 Å². The lowest BCUT2D eigenvalue weighted by Gasteiger charge is -1.96. The lowest BCUT2D eigenvalue weighted by atomic mass is 10.1. The molecule has 7 heteroatoms. The van der Waals surface area contributed by atoms with Crippen LogP contribution in [-0.4, -0.2) is 11.3 Å². The van der Waals surface area contributed by atoms with Crippen LogP contribution in [-0.2, 0) is 0 Å². The molecule has 2 aromatic heterocycles. The van der Waals surface area contributed by atoms with Gasteiger partial charge in [0, 0.05) is 22.6 Å². The summed E-state index contributed by atoms with van der Waals surface area (Å²) in [4.78, 5) is 14.1. The van der Waals surface area contributed by atoms with Gasteiger partial charge in [-0.25, -0.2) is 8.78 Å². The third-order valence-electron chi connectivity index (χ3n) is 2.91. The number of hydrogen-bond donors (Lipinski definition) is 1. The number of hydrogen-bond acceptors (Lipinski definition) is 2. The first-order valence-corrected chi connectivity index (χ1v) is 6.99. The molecule has 0 radical (unpaired) electrons. The van der Waals surface area contributed by atoms with E-state index in [4.69, 9.17) is 23.2 Å². The van der Waals surface area contributed by atoms with Gasteiger partial charge in [0.2, 0.25) is 0 Å². The van der Waals surface area contributed by atoms with Crippen molar-refractivity contribution in [3.8, 4) is 11.3 Å². The molecule has 3 aromatic rings. The minimum Gasteiger partial charge on any atom is -0.351 e. The number of thiophene rings is 1. The lowest BCUT2D eigenvalue weighted by Crippen LogP contribution is -1.83. The van der Waals surface area contributed by atoms with Gasteiger partial charge in [0.15, 0.2) is 6.29 Å². The molecule has 0 aliphatic rings. The quantitative estimate of drug-likeness (QED) is 0.635. The highest BCUT2D eigenvalue weighted by Crippen LogP contribution is 2.40. The van der Waals surface area contributed by atoms with Crippen LogP contribution in [0, 0.1) is 11.6 Å². The summed E-state index contributed by atoms with van der Waals surface area (Å²) >= 11 is 13.0. The Kier molecular flexibility index (Phi) is 3.28. The number of aromatic amines is 1. The highest BCUT2D eigenvalue weighted by molar-refractivity contribution is 7.20. The lowest BCUT2D eigenvalue weighted by molar-refractivity contribution is 0.112. The summed E-state index contributed by atoms with van der Waals surface area (Å²) in [6.07, 6.45) is 0.537. The van der Waals surface area contributed by atoms with Crippen LogP contribution >= 0.6 is 34.5 Å². The van der Waals surface area contributed by atoms with Gasteiger partial charge in [-0.05, 0) is 12.1 Å². The van der Waals surface area contributed by atoms with E-state index in [-0.39, 0.29) is 16.5 Å². The minimum atomic E-state index is -0.771. The van der Waals surface area contributed by atoms with Crippen molar-refractivity contribution in [2.45, 2.75) is 0 Å². The number of rotatable bonds is 2. The van der Waals surface area contributed by atoms with E-state index in [0.29, 0.717) is 26.2 Å². The van der Waals surface area contributed by atoms with E-state index in [9.17, 15) is 13.6 Å². The molecule has 0 amide bonds. The molecule has 0 unspecified atom stereocenters. The molecule has 2 nitrogen and oxygen atoms in total. The Morgan fingerprint density at radius 3 is 2.55 bits per heavy atom. The van der Waals surface area contributed by atoms with Crippen molar-refractivity contribution in [1.82, 2.24) is 4.98 Å². The fourth-order valence-corrected chi connectivity index (χ4v) is 3.56.